The van der Waals surface area contributed by atoms with Crippen LogP contribution >= 0.6 is 0 Å². The molecule has 1 amide bonds. The SMILES string of the molecule is COc1ccc(C(=O)N2CCC3(CC2)CCN(Cc2ccccc2OCC(C)C)C3OC(=O)C(F)(F)F)cc1. The summed E-state index contributed by atoms with van der Waals surface area (Å²) >= 11 is 0. The van der Waals surface area contributed by atoms with Gasteiger partial charge in [-0.25, -0.2) is 4.79 Å². The Hall–Kier alpha value is -3.27. The molecule has 212 valence electrons. The summed E-state index contributed by atoms with van der Waals surface area (Å²) in [5.41, 5.74) is 0.638. The monoisotopic (exact) mass is 548 g/mol. The predicted molar refractivity (Wildman–Crippen MR) is 138 cm³/mol. The number of hydrogen-bond acceptors (Lipinski definition) is 6. The van der Waals surface area contributed by atoms with Crippen molar-refractivity contribution in [3.05, 3.63) is 59.7 Å². The van der Waals surface area contributed by atoms with Crippen molar-refractivity contribution in [2.45, 2.75) is 52.1 Å². The van der Waals surface area contributed by atoms with Crippen LogP contribution in [0.15, 0.2) is 48.5 Å². The van der Waals surface area contributed by atoms with Gasteiger partial charge >= 0.3 is 12.1 Å². The van der Waals surface area contributed by atoms with Gasteiger partial charge < -0.3 is 19.1 Å². The molecule has 0 N–H and O–H groups in total. The summed E-state index contributed by atoms with van der Waals surface area (Å²) in [7, 11) is 1.55. The lowest BCUT2D eigenvalue weighted by Crippen LogP contribution is -2.51. The molecule has 39 heavy (non-hydrogen) atoms. The summed E-state index contributed by atoms with van der Waals surface area (Å²) in [6, 6.07) is 14.2. The molecule has 0 saturated carbocycles. The van der Waals surface area contributed by atoms with Crippen molar-refractivity contribution in [2.24, 2.45) is 11.3 Å². The third kappa shape index (κ3) is 6.66. The van der Waals surface area contributed by atoms with Crippen molar-refractivity contribution < 1.29 is 37.0 Å². The minimum absolute atomic E-state index is 0.151. The molecule has 2 aromatic carbocycles. The first-order valence-corrected chi connectivity index (χ1v) is 13.2. The van der Waals surface area contributed by atoms with Crippen LogP contribution in [0.25, 0.3) is 0 Å². The maximum absolute atomic E-state index is 13.3. The second kappa shape index (κ2) is 11.9. The molecule has 1 unspecified atom stereocenters. The Kier molecular flexibility index (Phi) is 8.73. The van der Waals surface area contributed by atoms with Crippen LogP contribution in [-0.4, -0.2) is 67.4 Å². The van der Waals surface area contributed by atoms with Gasteiger partial charge in [-0.3, -0.25) is 9.69 Å². The van der Waals surface area contributed by atoms with Crippen LogP contribution in [0.5, 0.6) is 11.5 Å². The van der Waals surface area contributed by atoms with Gasteiger partial charge in [-0.2, -0.15) is 13.2 Å². The molecule has 2 aliphatic rings. The Bertz CT molecular complexity index is 1140. The summed E-state index contributed by atoms with van der Waals surface area (Å²) in [6.45, 7) is 6.02. The van der Waals surface area contributed by atoms with E-state index in [1.807, 2.05) is 38.1 Å². The van der Waals surface area contributed by atoms with Crippen LogP contribution < -0.4 is 9.47 Å². The number of ether oxygens (including phenoxy) is 3. The van der Waals surface area contributed by atoms with Crippen LogP contribution in [0, 0.1) is 11.3 Å². The number of alkyl halides is 3. The van der Waals surface area contributed by atoms with E-state index in [2.05, 4.69) is 0 Å². The van der Waals surface area contributed by atoms with E-state index in [4.69, 9.17) is 14.2 Å². The first-order valence-electron chi connectivity index (χ1n) is 13.2. The van der Waals surface area contributed by atoms with E-state index < -0.39 is 23.8 Å². The van der Waals surface area contributed by atoms with Crippen LogP contribution in [0.3, 0.4) is 0 Å². The molecule has 1 atom stereocenters. The largest absolute Gasteiger partial charge is 0.497 e. The molecule has 7 nitrogen and oxygen atoms in total. The molecule has 10 heteroatoms. The zero-order valence-corrected chi connectivity index (χ0v) is 22.5. The second-order valence-electron chi connectivity index (χ2n) is 10.7. The Balaban J connectivity index is 1.51. The van der Waals surface area contributed by atoms with Gasteiger partial charge in [0.05, 0.1) is 13.7 Å². The Morgan fingerprint density at radius 3 is 2.26 bits per heavy atom. The van der Waals surface area contributed by atoms with E-state index in [-0.39, 0.29) is 12.5 Å². The number of piperidine rings is 1. The molecular weight excluding hydrogens is 513 g/mol. The number of halogens is 3. The lowest BCUT2D eigenvalue weighted by atomic mass is 9.76. The number of para-hydroxylation sites is 1. The molecular formula is C29H35F3N2O5. The lowest BCUT2D eigenvalue weighted by Gasteiger charge is -2.43. The van der Waals surface area contributed by atoms with Crippen LogP contribution in [0.2, 0.25) is 0 Å². The lowest BCUT2D eigenvalue weighted by molar-refractivity contribution is -0.220. The standard InChI is InChI=1S/C29H35F3N2O5/c1-20(2)19-38-24-7-5-4-6-22(24)18-34-17-14-28(26(34)39-27(36)29(30,31)32)12-15-33(16-13-28)25(35)21-8-10-23(37-3)11-9-21/h4-11,20,26H,12-19H2,1-3H3. The normalized spacial score (nSPS) is 19.4. The summed E-state index contributed by atoms with van der Waals surface area (Å²) < 4.78 is 56.2. The molecule has 1 spiro atoms. The average molecular weight is 549 g/mol. The first-order chi connectivity index (χ1) is 18.5. The molecule has 2 aromatic rings. The number of likely N-dealkylation sites (tertiary alicyclic amines) is 2. The highest BCUT2D eigenvalue weighted by Crippen LogP contribution is 2.47. The summed E-state index contributed by atoms with van der Waals surface area (Å²) in [5, 5.41) is 0. The second-order valence-corrected chi connectivity index (χ2v) is 10.7. The van der Waals surface area contributed by atoms with Crippen molar-refractivity contribution >= 4 is 11.9 Å². The van der Waals surface area contributed by atoms with Crippen LogP contribution in [0.1, 0.15) is 49.0 Å². The molecule has 2 fully saturated rings. The van der Waals surface area contributed by atoms with E-state index >= 15 is 0 Å². The summed E-state index contributed by atoms with van der Waals surface area (Å²) in [4.78, 5) is 28.6. The van der Waals surface area contributed by atoms with E-state index in [0.717, 1.165) is 5.56 Å². The van der Waals surface area contributed by atoms with Gasteiger partial charge in [0.1, 0.15) is 11.5 Å². The van der Waals surface area contributed by atoms with Gasteiger partial charge in [-0.15, -0.1) is 0 Å². The smallest absolute Gasteiger partial charge is 0.490 e. The van der Waals surface area contributed by atoms with E-state index in [1.165, 1.54) is 0 Å². The van der Waals surface area contributed by atoms with Gasteiger partial charge in [-0.05, 0) is 55.5 Å². The number of hydrogen-bond donors (Lipinski definition) is 0. The predicted octanol–water partition coefficient (Wildman–Crippen LogP) is 5.29. The number of methoxy groups -OCH3 is 1. The minimum Gasteiger partial charge on any atom is -0.497 e. The van der Waals surface area contributed by atoms with Gasteiger partial charge in [0.25, 0.3) is 5.91 Å². The Morgan fingerprint density at radius 1 is 1.00 bits per heavy atom. The fraction of sp³-hybridized carbons (Fsp3) is 0.517. The number of nitrogens with zero attached hydrogens (tertiary/aromatic N) is 2. The summed E-state index contributed by atoms with van der Waals surface area (Å²) in [6.07, 6.45) is -4.76. The van der Waals surface area contributed by atoms with Gasteiger partial charge in [0, 0.05) is 42.7 Å². The third-order valence-corrected chi connectivity index (χ3v) is 7.50. The fourth-order valence-corrected chi connectivity index (χ4v) is 5.34. The van der Waals surface area contributed by atoms with E-state index in [0.29, 0.717) is 68.5 Å². The van der Waals surface area contributed by atoms with Crippen molar-refractivity contribution in [1.29, 1.82) is 0 Å². The maximum Gasteiger partial charge on any atom is 0.490 e. The van der Waals surface area contributed by atoms with E-state index in [1.54, 1.807) is 41.2 Å². The van der Waals surface area contributed by atoms with E-state index in [9.17, 15) is 22.8 Å². The van der Waals surface area contributed by atoms with Crippen LogP contribution in [-0.2, 0) is 16.1 Å². The number of amides is 1. The fourth-order valence-electron chi connectivity index (χ4n) is 5.34. The van der Waals surface area contributed by atoms with Gasteiger partial charge in [-0.1, -0.05) is 32.0 Å². The highest BCUT2D eigenvalue weighted by Gasteiger charge is 2.54. The molecule has 0 radical (unpaired) electrons. The zero-order valence-electron chi connectivity index (χ0n) is 22.5. The number of carbonyl (C=O) groups is 2. The topological polar surface area (TPSA) is 68.3 Å². The van der Waals surface area contributed by atoms with Gasteiger partial charge in [0.2, 0.25) is 0 Å². The average Bonchev–Trinajstić information content (AvgIpc) is 3.23. The van der Waals surface area contributed by atoms with Crippen molar-refractivity contribution in [3.8, 4) is 11.5 Å². The highest BCUT2D eigenvalue weighted by atomic mass is 19.4. The van der Waals surface area contributed by atoms with Gasteiger partial charge in [0.15, 0.2) is 6.23 Å². The Morgan fingerprint density at radius 2 is 1.64 bits per heavy atom. The maximum atomic E-state index is 13.3. The number of rotatable bonds is 8. The van der Waals surface area contributed by atoms with Crippen molar-refractivity contribution in [3.63, 3.8) is 0 Å². The third-order valence-electron chi connectivity index (χ3n) is 7.50. The quantitative estimate of drug-likeness (QED) is 0.418. The number of benzene rings is 2. The zero-order chi connectivity index (χ0) is 28.2. The molecule has 0 aliphatic carbocycles. The van der Waals surface area contributed by atoms with Crippen molar-refractivity contribution in [1.82, 2.24) is 9.80 Å². The molecule has 2 saturated heterocycles. The molecule has 0 bridgehead atoms. The molecule has 0 aromatic heterocycles. The molecule has 4 rings (SSSR count). The summed E-state index contributed by atoms with van der Waals surface area (Å²) in [5.74, 6) is -0.740. The molecule has 2 heterocycles. The number of carbonyl (C=O) groups excluding carboxylic acids is 2. The Labute approximate surface area is 226 Å². The van der Waals surface area contributed by atoms with Crippen molar-refractivity contribution in [2.75, 3.05) is 33.4 Å². The first kappa shape index (κ1) is 28.7. The molecule has 2 aliphatic heterocycles. The number of esters is 1. The minimum atomic E-state index is -5.10. The van der Waals surface area contributed by atoms with Crippen LogP contribution in [0.4, 0.5) is 13.2 Å². The highest BCUT2D eigenvalue weighted by molar-refractivity contribution is 5.94.